The van der Waals surface area contributed by atoms with Gasteiger partial charge in [-0.3, -0.25) is 0 Å². The largest absolute Gasteiger partial charge is 0.494 e. The first-order chi connectivity index (χ1) is 11.2. The Labute approximate surface area is 136 Å². The molecule has 2 rings (SSSR count). The Hall–Kier alpha value is -2.75. The van der Waals surface area contributed by atoms with Gasteiger partial charge in [0.2, 0.25) is 6.79 Å². The number of esters is 1. The Morgan fingerprint density at radius 1 is 0.957 bits per heavy atom. The predicted molar refractivity (Wildman–Crippen MR) is 89.4 cm³/mol. The number of hydrogen-bond acceptors (Lipinski definition) is 4. The standard InChI is InChI=1S/C19H20O4/c1-3-13-21-17-9-5-15(6-10-17)16-7-11-18(12-8-16)22-14-23-19(20)4-2/h4-12H,2-3,13-14H2,1H3. The second-order valence-electron chi connectivity index (χ2n) is 4.83. The van der Waals surface area contributed by atoms with E-state index in [1.165, 1.54) is 0 Å². The van der Waals surface area contributed by atoms with Crippen LogP contribution in [0.2, 0.25) is 0 Å². The highest BCUT2D eigenvalue weighted by Crippen LogP contribution is 2.24. The molecule has 2 aromatic carbocycles. The number of rotatable bonds is 8. The van der Waals surface area contributed by atoms with Crippen LogP contribution in [-0.2, 0) is 9.53 Å². The average molecular weight is 312 g/mol. The first-order valence-electron chi connectivity index (χ1n) is 7.48. The molecule has 0 aromatic heterocycles. The van der Waals surface area contributed by atoms with E-state index >= 15 is 0 Å². The maximum atomic E-state index is 10.9. The fourth-order valence-electron chi connectivity index (χ4n) is 1.92. The molecular formula is C19H20O4. The quantitative estimate of drug-likeness (QED) is 0.416. The Kier molecular flexibility index (Phi) is 6.24. The lowest BCUT2D eigenvalue weighted by atomic mass is 10.1. The topological polar surface area (TPSA) is 44.8 Å². The van der Waals surface area contributed by atoms with Crippen molar-refractivity contribution in [1.82, 2.24) is 0 Å². The molecule has 23 heavy (non-hydrogen) atoms. The molecule has 0 saturated heterocycles. The summed E-state index contributed by atoms with van der Waals surface area (Å²) >= 11 is 0. The third-order valence-electron chi connectivity index (χ3n) is 3.11. The van der Waals surface area contributed by atoms with Gasteiger partial charge in [0.15, 0.2) is 0 Å². The Bertz CT molecular complexity index is 629. The minimum Gasteiger partial charge on any atom is -0.494 e. The summed E-state index contributed by atoms with van der Waals surface area (Å²) in [4.78, 5) is 10.9. The molecule has 0 aliphatic heterocycles. The van der Waals surface area contributed by atoms with Crippen LogP contribution in [0.1, 0.15) is 13.3 Å². The minimum atomic E-state index is -0.507. The molecular weight excluding hydrogens is 292 g/mol. The van der Waals surface area contributed by atoms with E-state index in [2.05, 4.69) is 13.5 Å². The molecule has 0 radical (unpaired) electrons. The van der Waals surface area contributed by atoms with Gasteiger partial charge < -0.3 is 14.2 Å². The lowest BCUT2D eigenvalue weighted by Crippen LogP contribution is -2.07. The summed E-state index contributed by atoms with van der Waals surface area (Å²) in [6.45, 7) is 5.99. The summed E-state index contributed by atoms with van der Waals surface area (Å²) in [6, 6.07) is 15.5. The van der Waals surface area contributed by atoms with Crippen molar-refractivity contribution in [1.29, 1.82) is 0 Å². The van der Waals surface area contributed by atoms with E-state index in [0.717, 1.165) is 36.0 Å². The van der Waals surface area contributed by atoms with Crippen LogP contribution in [-0.4, -0.2) is 19.4 Å². The van der Waals surface area contributed by atoms with E-state index in [4.69, 9.17) is 14.2 Å². The molecule has 0 bridgehead atoms. The Morgan fingerprint density at radius 2 is 1.48 bits per heavy atom. The van der Waals surface area contributed by atoms with Gasteiger partial charge in [0.05, 0.1) is 6.61 Å². The monoisotopic (exact) mass is 312 g/mol. The first-order valence-corrected chi connectivity index (χ1v) is 7.48. The molecule has 0 N–H and O–H groups in total. The molecule has 0 amide bonds. The molecule has 0 aliphatic rings. The van der Waals surface area contributed by atoms with Crippen molar-refractivity contribution in [3.8, 4) is 22.6 Å². The zero-order chi connectivity index (χ0) is 16.5. The van der Waals surface area contributed by atoms with Crippen molar-refractivity contribution in [2.24, 2.45) is 0 Å². The van der Waals surface area contributed by atoms with Crippen molar-refractivity contribution in [2.45, 2.75) is 13.3 Å². The number of ether oxygens (including phenoxy) is 3. The number of benzene rings is 2. The zero-order valence-corrected chi connectivity index (χ0v) is 13.2. The highest BCUT2D eigenvalue weighted by atomic mass is 16.7. The second kappa shape index (κ2) is 8.63. The fourth-order valence-corrected chi connectivity index (χ4v) is 1.92. The predicted octanol–water partition coefficient (Wildman–Crippen LogP) is 4.21. The van der Waals surface area contributed by atoms with E-state index in [-0.39, 0.29) is 6.79 Å². The molecule has 120 valence electrons. The summed E-state index contributed by atoms with van der Waals surface area (Å²) in [5.41, 5.74) is 2.17. The number of carbonyl (C=O) groups is 1. The van der Waals surface area contributed by atoms with Gasteiger partial charge in [0, 0.05) is 6.08 Å². The van der Waals surface area contributed by atoms with E-state index in [9.17, 15) is 4.79 Å². The lowest BCUT2D eigenvalue weighted by molar-refractivity contribution is -0.144. The lowest BCUT2D eigenvalue weighted by Gasteiger charge is -2.08. The normalized spacial score (nSPS) is 9.96. The number of carbonyl (C=O) groups excluding carboxylic acids is 1. The molecule has 0 heterocycles. The van der Waals surface area contributed by atoms with Crippen molar-refractivity contribution in [2.75, 3.05) is 13.4 Å². The summed E-state index contributed by atoms with van der Waals surface area (Å²) in [6.07, 6.45) is 2.09. The van der Waals surface area contributed by atoms with E-state index in [1.807, 2.05) is 48.5 Å². The van der Waals surface area contributed by atoms with Crippen molar-refractivity contribution < 1.29 is 19.0 Å². The summed E-state index contributed by atoms with van der Waals surface area (Å²) in [5.74, 6) is 1.00. The van der Waals surface area contributed by atoms with Crippen LogP contribution in [0, 0.1) is 0 Å². The van der Waals surface area contributed by atoms with Crippen LogP contribution in [0.5, 0.6) is 11.5 Å². The van der Waals surface area contributed by atoms with E-state index < -0.39 is 5.97 Å². The second-order valence-corrected chi connectivity index (χ2v) is 4.83. The van der Waals surface area contributed by atoms with Crippen molar-refractivity contribution in [3.05, 3.63) is 61.2 Å². The van der Waals surface area contributed by atoms with Crippen molar-refractivity contribution in [3.63, 3.8) is 0 Å². The minimum absolute atomic E-state index is 0.131. The van der Waals surface area contributed by atoms with Gasteiger partial charge in [0.25, 0.3) is 0 Å². The van der Waals surface area contributed by atoms with E-state index in [0.29, 0.717) is 5.75 Å². The summed E-state index contributed by atoms with van der Waals surface area (Å²) < 4.78 is 15.7. The first kappa shape index (κ1) is 16.6. The number of hydrogen-bond donors (Lipinski definition) is 0. The third kappa shape index (κ3) is 5.18. The molecule has 0 aliphatic carbocycles. The molecule has 4 nitrogen and oxygen atoms in total. The maximum Gasteiger partial charge on any atom is 0.333 e. The highest BCUT2D eigenvalue weighted by molar-refractivity contribution is 5.81. The summed E-state index contributed by atoms with van der Waals surface area (Å²) in [5, 5.41) is 0. The molecule has 0 atom stereocenters. The van der Waals surface area contributed by atoms with Crippen LogP contribution in [0.25, 0.3) is 11.1 Å². The zero-order valence-electron chi connectivity index (χ0n) is 13.2. The summed E-state index contributed by atoms with van der Waals surface area (Å²) in [7, 11) is 0. The van der Waals surface area contributed by atoms with Gasteiger partial charge in [-0.2, -0.15) is 0 Å². The van der Waals surface area contributed by atoms with Crippen LogP contribution in [0.4, 0.5) is 0 Å². The molecule has 0 spiro atoms. The van der Waals surface area contributed by atoms with Crippen LogP contribution < -0.4 is 9.47 Å². The van der Waals surface area contributed by atoms with Gasteiger partial charge >= 0.3 is 5.97 Å². The van der Waals surface area contributed by atoms with Gasteiger partial charge in [-0.15, -0.1) is 0 Å². The van der Waals surface area contributed by atoms with Gasteiger partial charge in [-0.1, -0.05) is 37.8 Å². The fraction of sp³-hybridized carbons (Fsp3) is 0.211. The Morgan fingerprint density at radius 3 is 1.96 bits per heavy atom. The third-order valence-corrected chi connectivity index (χ3v) is 3.11. The van der Waals surface area contributed by atoms with Crippen molar-refractivity contribution >= 4 is 5.97 Å². The van der Waals surface area contributed by atoms with Gasteiger partial charge in [-0.05, 0) is 41.8 Å². The average Bonchev–Trinajstić information content (AvgIpc) is 2.61. The molecule has 4 heteroatoms. The highest BCUT2D eigenvalue weighted by Gasteiger charge is 2.01. The van der Waals surface area contributed by atoms with E-state index in [1.54, 1.807) is 0 Å². The van der Waals surface area contributed by atoms with Crippen LogP contribution in [0.15, 0.2) is 61.2 Å². The molecule has 0 fully saturated rings. The van der Waals surface area contributed by atoms with Crippen LogP contribution >= 0.6 is 0 Å². The smallest absolute Gasteiger partial charge is 0.333 e. The molecule has 0 saturated carbocycles. The van der Waals surface area contributed by atoms with Gasteiger partial charge in [-0.25, -0.2) is 4.79 Å². The van der Waals surface area contributed by atoms with Gasteiger partial charge in [0.1, 0.15) is 11.5 Å². The molecule has 2 aromatic rings. The SMILES string of the molecule is C=CC(=O)OCOc1ccc(-c2ccc(OCCC)cc2)cc1. The Balaban J connectivity index is 1.93. The molecule has 0 unspecified atom stereocenters. The maximum absolute atomic E-state index is 10.9. The van der Waals surface area contributed by atoms with Crippen LogP contribution in [0.3, 0.4) is 0 Å².